The molecule has 2 nitrogen and oxygen atoms in total. The highest BCUT2D eigenvalue weighted by Gasteiger charge is 2.14. The van der Waals surface area contributed by atoms with Gasteiger partial charge in [0.2, 0.25) is 0 Å². The second-order valence-electron chi connectivity index (χ2n) is 4.33. The van der Waals surface area contributed by atoms with Crippen LogP contribution in [-0.4, -0.2) is 12.2 Å². The predicted molar refractivity (Wildman–Crippen MR) is 69.5 cm³/mol. The van der Waals surface area contributed by atoms with Crippen molar-refractivity contribution in [2.45, 2.75) is 25.7 Å². The Hall–Kier alpha value is -1.70. The number of hydrogen-bond donors (Lipinski definition) is 1. The molecule has 0 saturated carbocycles. The van der Waals surface area contributed by atoms with E-state index in [1.54, 1.807) is 13.2 Å². The molecule has 90 valence electrons. The van der Waals surface area contributed by atoms with E-state index >= 15 is 0 Å². The smallest absolute Gasteiger partial charge is 0.123 e. The van der Waals surface area contributed by atoms with Crippen molar-refractivity contribution in [3.8, 4) is 11.5 Å². The molecule has 0 aromatic heterocycles. The molecule has 0 radical (unpaired) electrons. The van der Waals surface area contributed by atoms with Gasteiger partial charge >= 0.3 is 0 Å². The number of benzene rings is 1. The molecule has 1 aliphatic carbocycles. The van der Waals surface area contributed by atoms with Crippen LogP contribution in [0.15, 0.2) is 42.0 Å². The standard InChI is InChI=1S/C15H18O2/c1-11(12-6-4-3-5-7-12)14-9-8-13(17-2)10-15(14)16/h4,6-11,16H,3,5H2,1-2H3. The number of phenols is 1. The van der Waals surface area contributed by atoms with Crippen LogP contribution in [0.5, 0.6) is 11.5 Å². The van der Waals surface area contributed by atoms with E-state index in [4.69, 9.17) is 4.74 Å². The molecule has 0 amide bonds. The first-order valence-electron chi connectivity index (χ1n) is 5.96. The lowest BCUT2D eigenvalue weighted by Crippen LogP contribution is -1.99. The SMILES string of the molecule is COc1ccc(C(C)C2=CCCC=C2)c(O)c1. The Morgan fingerprint density at radius 1 is 1.29 bits per heavy atom. The minimum Gasteiger partial charge on any atom is -0.508 e. The fourth-order valence-corrected chi connectivity index (χ4v) is 2.15. The number of ether oxygens (including phenoxy) is 1. The van der Waals surface area contributed by atoms with E-state index in [1.165, 1.54) is 5.57 Å². The van der Waals surface area contributed by atoms with Gasteiger partial charge in [-0.2, -0.15) is 0 Å². The molecule has 0 bridgehead atoms. The molecular weight excluding hydrogens is 212 g/mol. The van der Waals surface area contributed by atoms with E-state index in [1.807, 2.05) is 12.1 Å². The predicted octanol–water partition coefficient (Wildman–Crippen LogP) is 3.78. The maximum Gasteiger partial charge on any atom is 0.123 e. The molecule has 1 aromatic rings. The van der Waals surface area contributed by atoms with E-state index in [0.29, 0.717) is 11.5 Å². The molecule has 0 saturated heterocycles. The largest absolute Gasteiger partial charge is 0.508 e. The Morgan fingerprint density at radius 2 is 2.12 bits per heavy atom. The molecule has 1 atom stereocenters. The minimum absolute atomic E-state index is 0.220. The van der Waals surface area contributed by atoms with Gasteiger partial charge in [-0.05, 0) is 24.5 Å². The van der Waals surface area contributed by atoms with Gasteiger partial charge in [0, 0.05) is 17.5 Å². The molecule has 0 heterocycles. The van der Waals surface area contributed by atoms with Crippen LogP contribution in [0.2, 0.25) is 0 Å². The molecule has 1 N–H and O–H groups in total. The Kier molecular flexibility index (Phi) is 3.52. The van der Waals surface area contributed by atoms with E-state index in [-0.39, 0.29) is 5.92 Å². The number of hydrogen-bond acceptors (Lipinski definition) is 2. The van der Waals surface area contributed by atoms with Crippen LogP contribution in [0.25, 0.3) is 0 Å². The minimum atomic E-state index is 0.220. The summed E-state index contributed by atoms with van der Waals surface area (Å²) in [6.45, 7) is 2.11. The fraction of sp³-hybridized carbons (Fsp3) is 0.333. The second kappa shape index (κ2) is 5.09. The molecule has 17 heavy (non-hydrogen) atoms. The average Bonchev–Trinajstić information content (AvgIpc) is 2.39. The highest BCUT2D eigenvalue weighted by Crippen LogP contribution is 2.35. The van der Waals surface area contributed by atoms with Crippen molar-refractivity contribution in [1.29, 1.82) is 0 Å². The number of allylic oxidation sites excluding steroid dienone is 4. The lowest BCUT2D eigenvalue weighted by Gasteiger charge is -2.17. The van der Waals surface area contributed by atoms with Gasteiger partial charge in [-0.1, -0.05) is 31.2 Å². The maximum absolute atomic E-state index is 9.99. The van der Waals surface area contributed by atoms with Gasteiger partial charge in [0.15, 0.2) is 0 Å². The van der Waals surface area contributed by atoms with Crippen LogP contribution in [0.4, 0.5) is 0 Å². The Labute approximate surface area is 102 Å². The maximum atomic E-state index is 9.99. The first-order valence-corrected chi connectivity index (χ1v) is 5.96. The molecule has 1 aromatic carbocycles. The van der Waals surface area contributed by atoms with Crippen LogP contribution < -0.4 is 4.74 Å². The lowest BCUT2D eigenvalue weighted by molar-refractivity contribution is 0.406. The third-order valence-electron chi connectivity index (χ3n) is 3.23. The van der Waals surface area contributed by atoms with Crippen molar-refractivity contribution >= 4 is 0 Å². The van der Waals surface area contributed by atoms with Crippen molar-refractivity contribution in [3.05, 3.63) is 47.6 Å². The van der Waals surface area contributed by atoms with Gasteiger partial charge in [-0.25, -0.2) is 0 Å². The summed E-state index contributed by atoms with van der Waals surface area (Å²) in [6.07, 6.45) is 8.79. The summed E-state index contributed by atoms with van der Waals surface area (Å²) in [5.74, 6) is 1.21. The van der Waals surface area contributed by atoms with Crippen molar-refractivity contribution in [3.63, 3.8) is 0 Å². The van der Waals surface area contributed by atoms with Gasteiger partial charge in [-0.15, -0.1) is 0 Å². The third-order valence-corrected chi connectivity index (χ3v) is 3.23. The monoisotopic (exact) mass is 230 g/mol. The van der Waals surface area contributed by atoms with Crippen molar-refractivity contribution < 1.29 is 9.84 Å². The highest BCUT2D eigenvalue weighted by molar-refractivity contribution is 5.46. The Morgan fingerprint density at radius 3 is 2.71 bits per heavy atom. The van der Waals surface area contributed by atoms with Crippen LogP contribution in [-0.2, 0) is 0 Å². The Balaban J connectivity index is 2.27. The van der Waals surface area contributed by atoms with Crippen LogP contribution >= 0.6 is 0 Å². The molecule has 0 spiro atoms. The number of methoxy groups -OCH3 is 1. The molecule has 0 fully saturated rings. The van der Waals surface area contributed by atoms with Crippen molar-refractivity contribution in [2.75, 3.05) is 7.11 Å². The summed E-state index contributed by atoms with van der Waals surface area (Å²) < 4.78 is 5.09. The molecule has 1 unspecified atom stereocenters. The number of aromatic hydroxyl groups is 1. The van der Waals surface area contributed by atoms with Gasteiger partial charge < -0.3 is 9.84 Å². The fourth-order valence-electron chi connectivity index (χ4n) is 2.15. The normalized spacial score (nSPS) is 16.5. The summed E-state index contributed by atoms with van der Waals surface area (Å²) >= 11 is 0. The zero-order chi connectivity index (χ0) is 12.3. The second-order valence-corrected chi connectivity index (χ2v) is 4.33. The molecular formula is C15H18O2. The number of phenolic OH excluding ortho intramolecular Hbond substituents is 1. The van der Waals surface area contributed by atoms with Gasteiger partial charge in [0.1, 0.15) is 11.5 Å². The summed E-state index contributed by atoms with van der Waals surface area (Å²) in [4.78, 5) is 0. The lowest BCUT2D eigenvalue weighted by atomic mass is 9.89. The Bertz CT molecular complexity index is 458. The third kappa shape index (κ3) is 2.52. The highest BCUT2D eigenvalue weighted by atomic mass is 16.5. The van der Waals surface area contributed by atoms with Crippen molar-refractivity contribution in [1.82, 2.24) is 0 Å². The zero-order valence-electron chi connectivity index (χ0n) is 10.3. The zero-order valence-corrected chi connectivity index (χ0v) is 10.3. The molecule has 0 aliphatic heterocycles. The van der Waals surface area contributed by atoms with Crippen LogP contribution in [0.1, 0.15) is 31.2 Å². The topological polar surface area (TPSA) is 29.5 Å². The van der Waals surface area contributed by atoms with Crippen molar-refractivity contribution in [2.24, 2.45) is 0 Å². The summed E-state index contributed by atoms with van der Waals surface area (Å²) in [7, 11) is 1.60. The van der Waals surface area contributed by atoms with Crippen LogP contribution in [0, 0.1) is 0 Å². The first-order chi connectivity index (χ1) is 8.22. The van der Waals surface area contributed by atoms with Gasteiger partial charge in [-0.3, -0.25) is 0 Å². The summed E-state index contributed by atoms with van der Waals surface area (Å²) in [5.41, 5.74) is 2.22. The first kappa shape index (κ1) is 11.8. The molecule has 2 heteroatoms. The van der Waals surface area contributed by atoms with Gasteiger partial charge in [0.05, 0.1) is 7.11 Å². The van der Waals surface area contributed by atoms with Crippen LogP contribution in [0.3, 0.4) is 0 Å². The number of rotatable bonds is 3. The van der Waals surface area contributed by atoms with E-state index in [2.05, 4.69) is 25.2 Å². The molecule has 2 rings (SSSR count). The summed E-state index contributed by atoms with van der Waals surface area (Å²) in [5, 5.41) is 9.99. The quantitative estimate of drug-likeness (QED) is 0.856. The van der Waals surface area contributed by atoms with E-state index < -0.39 is 0 Å². The summed E-state index contributed by atoms with van der Waals surface area (Å²) in [6, 6.07) is 5.49. The van der Waals surface area contributed by atoms with E-state index in [9.17, 15) is 5.11 Å². The van der Waals surface area contributed by atoms with E-state index in [0.717, 1.165) is 18.4 Å². The average molecular weight is 230 g/mol. The van der Waals surface area contributed by atoms with Gasteiger partial charge in [0.25, 0.3) is 0 Å². The molecule has 1 aliphatic rings.